The van der Waals surface area contributed by atoms with E-state index in [-0.39, 0.29) is 0 Å². The van der Waals surface area contributed by atoms with E-state index in [9.17, 15) is 0 Å². The molecule has 0 aliphatic carbocycles. The maximum atomic E-state index is 5.74. The average molecular weight is 347 g/mol. The molecule has 0 unspecified atom stereocenters. The second-order valence-electron chi connectivity index (χ2n) is 6.27. The second kappa shape index (κ2) is 5.94. The molecule has 0 bridgehead atoms. The number of hydrogen-bond donors (Lipinski definition) is 1. The number of nitrogens with zero attached hydrogens (tertiary/aromatic N) is 4. The summed E-state index contributed by atoms with van der Waals surface area (Å²) >= 11 is 0. The Kier molecular flexibility index (Phi) is 3.44. The average Bonchev–Trinajstić information content (AvgIpc) is 3.10. The fourth-order valence-electron chi connectivity index (χ4n) is 3.27. The summed E-state index contributed by atoms with van der Waals surface area (Å²) < 4.78 is 11.4. The number of ether oxygens (including phenoxy) is 2. The number of imidazole rings is 1. The van der Waals surface area contributed by atoms with Crippen LogP contribution in [0.1, 0.15) is 17.3 Å². The molecular formula is C19H17N5O2. The van der Waals surface area contributed by atoms with Crippen molar-refractivity contribution in [2.24, 2.45) is 0 Å². The van der Waals surface area contributed by atoms with Crippen LogP contribution < -0.4 is 9.47 Å². The number of benzene rings is 1. The molecule has 4 aromatic rings. The van der Waals surface area contributed by atoms with Crippen LogP contribution >= 0.6 is 0 Å². The van der Waals surface area contributed by atoms with Gasteiger partial charge in [-0.25, -0.2) is 15.0 Å². The highest BCUT2D eigenvalue weighted by atomic mass is 16.6. The lowest BCUT2D eigenvalue weighted by Crippen LogP contribution is -2.15. The lowest BCUT2D eigenvalue weighted by atomic mass is 10.2. The summed E-state index contributed by atoms with van der Waals surface area (Å²) in [5.41, 5.74) is 4.39. The highest BCUT2D eigenvalue weighted by molar-refractivity contribution is 5.85. The Bertz CT molecular complexity index is 1120. The molecular weight excluding hydrogens is 330 g/mol. The number of aromatic nitrogens is 5. The molecule has 0 saturated carbocycles. The van der Waals surface area contributed by atoms with E-state index in [2.05, 4.69) is 19.9 Å². The zero-order valence-corrected chi connectivity index (χ0v) is 14.3. The molecule has 3 aromatic heterocycles. The molecule has 130 valence electrons. The van der Waals surface area contributed by atoms with E-state index in [1.165, 1.54) is 0 Å². The Morgan fingerprint density at radius 3 is 2.88 bits per heavy atom. The fraction of sp³-hybridized carbons (Fsp3) is 0.263. The van der Waals surface area contributed by atoms with Crippen LogP contribution in [0.2, 0.25) is 0 Å². The van der Waals surface area contributed by atoms with E-state index in [4.69, 9.17) is 14.5 Å². The van der Waals surface area contributed by atoms with Crippen molar-refractivity contribution in [1.29, 1.82) is 0 Å². The number of fused-ring (bicyclic) bond motifs is 4. The smallest absolute Gasteiger partial charge is 0.189 e. The normalized spacial score (nSPS) is 13.4. The van der Waals surface area contributed by atoms with Crippen LogP contribution in [0.25, 0.3) is 22.1 Å². The molecule has 7 nitrogen and oxygen atoms in total. The van der Waals surface area contributed by atoms with E-state index in [0.717, 1.165) is 57.3 Å². The van der Waals surface area contributed by atoms with Crippen molar-refractivity contribution in [2.75, 3.05) is 13.2 Å². The highest BCUT2D eigenvalue weighted by Gasteiger charge is 2.18. The van der Waals surface area contributed by atoms with Crippen molar-refractivity contribution < 1.29 is 9.47 Å². The van der Waals surface area contributed by atoms with Crippen LogP contribution in [0.15, 0.2) is 30.5 Å². The third-order valence-electron chi connectivity index (χ3n) is 4.47. The number of hydrogen-bond acceptors (Lipinski definition) is 6. The summed E-state index contributed by atoms with van der Waals surface area (Å²) in [6.45, 7) is 3.08. The van der Waals surface area contributed by atoms with Gasteiger partial charge in [-0.3, -0.25) is 4.98 Å². The van der Waals surface area contributed by atoms with Crippen LogP contribution in [0.5, 0.6) is 11.5 Å². The van der Waals surface area contributed by atoms with E-state index in [1.807, 2.05) is 31.2 Å². The minimum Gasteiger partial charge on any atom is -0.486 e. The molecule has 0 radical (unpaired) electrons. The van der Waals surface area contributed by atoms with Crippen molar-refractivity contribution in [1.82, 2.24) is 24.9 Å². The molecule has 1 aliphatic heterocycles. The molecule has 1 aromatic carbocycles. The first-order valence-corrected chi connectivity index (χ1v) is 8.63. The van der Waals surface area contributed by atoms with Gasteiger partial charge in [-0.2, -0.15) is 0 Å². The number of rotatable bonds is 3. The number of H-pyrrole nitrogens is 1. The number of aromatic amines is 1. The largest absolute Gasteiger partial charge is 0.486 e. The third kappa shape index (κ3) is 2.52. The van der Waals surface area contributed by atoms with E-state index in [0.29, 0.717) is 19.6 Å². The van der Waals surface area contributed by atoms with Crippen molar-refractivity contribution in [2.45, 2.75) is 19.8 Å². The van der Waals surface area contributed by atoms with Crippen LogP contribution in [0.4, 0.5) is 0 Å². The van der Waals surface area contributed by atoms with Crippen LogP contribution in [0.3, 0.4) is 0 Å². The molecule has 26 heavy (non-hydrogen) atoms. The molecule has 0 fully saturated rings. The van der Waals surface area contributed by atoms with E-state index < -0.39 is 0 Å². The molecule has 1 aliphatic rings. The predicted molar refractivity (Wildman–Crippen MR) is 96.6 cm³/mol. The van der Waals surface area contributed by atoms with Gasteiger partial charge >= 0.3 is 0 Å². The maximum absolute atomic E-state index is 5.74. The van der Waals surface area contributed by atoms with Gasteiger partial charge in [0, 0.05) is 19.0 Å². The van der Waals surface area contributed by atoms with Crippen molar-refractivity contribution in [3.8, 4) is 11.5 Å². The zero-order valence-electron chi connectivity index (χ0n) is 14.3. The summed E-state index contributed by atoms with van der Waals surface area (Å²) in [6.07, 6.45) is 3.18. The summed E-state index contributed by atoms with van der Waals surface area (Å²) in [7, 11) is 0. The van der Waals surface area contributed by atoms with Gasteiger partial charge in [-0.05, 0) is 31.2 Å². The van der Waals surface area contributed by atoms with Crippen LogP contribution in [0, 0.1) is 6.92 Å². The Hall–Kier alpha value is -3.22. The molecule has 1 N–H and O–H groups in total. The second-order valence-corrected chi connectivity index (χ2v) is 6.27. The van der Waals surface area contributed by atoms with Crippen molar-refractivity contribution in [3.05, 3.63) is 47.8 Å². The number of pyridine rings is 1. The van der Waals surface area contributed by atoms with Gasteiger partial charge in [0.1, 0.15) is 35.9 Å². The van der Waals surface area contributed by atoms with E-state index >= 15 is 0 Å². The number of aryl methyl sites for hydroxylation is 3. The van der Waals surface area contributed by atoms with Crippen molar-refractivity contribution >= 4 is 22.1 Å². The molecule has 0 spiro atoms. The van der Waals surface area contributed by atoms with Gasteiger partial charge < -0.3 is 14.5 Å². The van der Waals surface area contributed by atoms with E-state index in [1.54, 1.807) is 6.20 Å². The summed E-state index contributed by atoms with van der Waals surface area (Å²) in [5, 5.41) is 0. The standard InChI is InChI=1S/C19H17N5O2/c1-11-17-12(3-2-8-20-17)22-15(21-11)6-7-16-23-13-4-5-14-19(18(13)24-16)26-10-9-25-14/h2-5,8H,6-7,9-10H2,1H3,(H,23,24). The predicted octanol–water partition coefficient (Wildman–Crippen LogP) is 2.77. The topological polar surface area (TPSA) is 85.8 Å². The quantitative estimate of drug-likeness (QED) is 0.613. The van der Waals surface area contributed by atoms with Gasteiger partial charge in [0.15, 0.2) is 11.5 Å². The molecule has 0 amide bonds. The number of nitrogens with one attached hydrogen (secondary N) is 1. The third-order valence-corrected chi connectivity index (χ3v) is 4.47. The zero-order chi connectivity index (χ0) is 17.5. The van der Waals surface area contributed by atoms with Crippen molar-refractivity contribution in [3.63, 3.8) is 0 Å². The Labute approximate surface area is 149 Å². The minimum absolute atomic E-state index is 0.548. The highest BCUT2D eigenvalue weighted by Crippen LogP contribution is 2.36. The summed E-state index contributed by atoms with van der Waals surface area (Å²) in [6, 6.07) is 7.75. The van der Waals surface area contributed by atoms with Gasteiger partial charge in [-0.15, -0.1) is 0 Å². The van der Waals surface area contributed by atoms with Gasteiger partial charge in [0.2, 0.25) is 0 Å². The lowest BCUT2D eigenvalue weighted by Gasteiger charge is -2.17. The Morgan fingerprint density at radius 1 is 1.00 bits per heavy atom. The molecule has 5 rings (SSSR count). The monoisotopic (exact) mass is 347 g/mol. The molecule has 0 saturated heterocycles. The van der Waals surface area contributed by atoms with Gasteiger partial charge in [0.25, 0.3) is 0 Å². The molecule has 4 heterocycles. The van der Waals surface area contributed by atoms with Crippen LogP contribution in [-0.4, -0.2) is 38.1 Å². The van der Waals surface area contributed by atoms with Crippen LogP contribution in [-0.2, 0) is 12.8 Å². The SMILES string of the molecule is Cc1nc(CCc2nc3c4c(ccc3[nH]2)OCCO4)nc2cccnc12. The minimum atomic E-state index is 0.548. The van der Waals surface area contributed by atoms with Gasteiger partial charge in [-0.1, -0.05) is 0 Å². The first-order valence-electron chi connectivity index (χ1n) is 8.63. The fourth-order valence-corrected chi connectivity index (χ4v) is 3.27. The summed E-state index contributed by atoms with van der Waals surface area (Å²) in [5.74, 6) is 3.16. The molecule has 0 atom stereocenters. The lowest BCUT2D eigenvalue weighted by molar-refractivity contribution is 0.173. The maximum Gasteiger partial charge on any atom is 0.189 e. The molecule has 7 heteroatoms. The first-order chi connectivity index (χ1) is 12.8. The Morgan fingerprint density at radius 2 is 1.92 bits per heavy atom. The summed E-state index contributed by atoms with van der Waals surface area (Å²) in [4.78, 5) is 21.6. The Balaban J connectivity index is 1.43. The van der Waals surface area contributed by atoms with Gasteiger partial charge in [0.05, 0.1) is 16.7 Å². The first kappa shape index (κ1) is 15.1.